The first-order valence-electron chi connectivity index (χ1n) is 8.82. The summed E-state index contributed by atoms with van der Waals surface area (Å²) in [6.45, 7) is 3.71. The van der Waals surface area contributed by atoms with Crippen molar-refractivity contribution in [2.45, 2.75) is 32.8 Å². The Bertz CT molecular complexity index is 888. The van der Waals surface area contributed by atoms with Gasteiger partial charge >= 0.3 is 5.97 Å². The third-order valence-electron chi connectivity index (χ3n) is 4.23. The van der Waals surface area contributed by atoms with Crippen molar-refractivity contribution >= 4 is 29.2 Å². The third-order valence-corrected chi connectivity index (χ3v) is 4.53. The number of carbonyl (C=O) groups is 2. The van der Waals surface area contributed by atoms with Crippen molar-refractivity contribution in [3.05, 3.63) is 40.9 Å². The normalized spacial score (nSPS) is 14.2. The van der Waals surface area contributed by atoms with E-state index in [1.807, 2.05) is 13.8 Å². The van der Waals surface area contributed by atoms with Gasteiger partial charge in [0.25, 0.3) is 5.91 Å². The lowest BCUT2D eigenvalue weighted by Gasteiger charge is -2.30. The first-order chi connectivity index (χ1) is 13.4. The number of benzene rings is 1. The van der Waals surface area contributed by atoms with E-state index in [9.17, 15) is 9.59 Å². The minimum atomic E-state index is -0.990. The maximum absolute atomic E-state index is 12.1. The Balaban J connectivity index is 1.86. The maximum Gasteiger partial charge on any atom is 0.305 e. The Morgan fingerprint density at radius 2 is 2.11 bits per heavy atom. The van der Waals surface area contributed by atoms with Gasteiger partial charge in [0.15, 0.2) is 18.5 Å². The quantitative estimate of drug-likeness (QED) is 0.754. The van der Waals surface area contributed by atoms with Gasteiger partial charge in [-0.1, -0.05) is 18.5 Å². The van der Waals surface area contributed by atoms with Gasteiger partial charge in [0.05, 0.1) is 17.1 Å². The molecule has 2 aromatic rings. The smallest absolute Gasteiger partial charge is 0.305 e. The Kier molecular flexibility index (Phi) is 5.99. The Hall–Kier alpha value is -2.87. The number of carboxylic acids is 1. The molecule has 2 heterocycles. The summed E-state index contributed by atoms with van der Waals surface area (Å²) in [4.78, 5) is 33.0. The highest BCUT2D eigenvalue weighted by Crippen LogP contribution is 2.41. The van der Waals surface area contributed by atoms with Gasteiger partial charge in [-0.25, -0.2) is 9.97 Å². The molecule has 148 valence electrons. The van der Waals surface area contributed by atoms with E-state index in [1.165, 1.54) is 4.90 Å². The zero-order valence-electron chi connectivity index (χ0n) is 15.5. The molecule has 0 bridgehead atoms. The van der Waals surface area contributed by atoms with Crippen LogP contribution in [-0.4, -0.2) is 40.1 Å². The molecule has 28 heavy (non-hydrogen) atoms. The highest BCUT2D eigenvalue weighted by Gasteiger charge is 2.28. The molecule has 1 aliphatic rings. The topological polar surface area (TPSA) is 102 Å². The van der Waals surface area contributed by atoms with E-state index >= 15 is 0 Å². The number of fused-ring (bicyclic) bond motifs is 1. The molecule has 1 unspecified atom stereocenters. The van der Waals surface area contributed by atoms with E-state index in [2.05, 4.69) is 9.97 Å². The molecule has 0 fully saturated rings. The van der Waals surface area contributed by atoms with E-state index in [0.29, 0.717) is 29.4 Å². The molecule has 8 nitrogen and oxygen atoms in total. The van der Waals surface area contributed by atoms with Gasteiger partial charge in [0, 0.05) is 25.0 Å². The van der Waals surface area contributed by atoms with Gasteiger partial charge in [0.2, 0.25) is 0 Å². The van der Waals surface area contributed by atoms with E-state index in [1.54, 1.807) is 24.5 Å². The van der Waals surface area contributed by atoms with Crippen LogP contribution < -0.4 is 14.4 Å². The van der Waals surface area contributed by atoms with Gasteiger partial charge in [0.1, 0.15) is 11.5 Å². The van der Waals surface area contributed by atoms with Crippen LogP contribution >= 0.6 is 11.6 Å². The molecule has 1 atom stereocenters. The summed E-state index contributed by atoms with van der Waals surface area (Å²) in [5.41, 5.74) is 1.37. The predicted octanol–water partition coefficient (Wildman–Crippen LogP) is 3.17. The van der Waals surface area contributed by atoms with Crippen LogP contribution in [-0.2, 0) is 9.59 Å². The fourth-order valence-electron chi connectivity index (χ4n) is 2.79. The van der Waals surface area contributed by atoms with E-state index in [0.717, 1.165) is 5.56 Å². The van der Waals surface area contributed by atoms with Crippen molar-refractivity contribution in [3.8, 4) is 11.5 Å². The number of ether oxygens (including phenoxy) is 2. The van der Waals surface area contributed by atoms with Gasteiger partial charge in [-0.05, 0) is 25.0 Å². The van der Waals surface area contributed by atoms with E-state index in [-0.39, 0.29) is 30.5 Å². The van der Waals surface area contributed by atoms with Crippen LogP contribution in [0.1, 0.15) is 37.3 Å². The van der Waals surface area contributed by atoms with Crippen LogP contribution in [0.15, 0.2) is 24.5 Å². The van der Waals surface area contributed by atoms with Crippen LogP contribution in [0.4, 0.5) is 5.69 Å². The molecule has 1 aromatic carbocycles. The predicted molar refractivity (Wildman–Crippen MR) is 102 cm³/mol. The maximum atomic E-state index is 12.1. The SMILES string of the molecule is CCC(Oc1cc2c(cc1Cl)N(CCC(=O)O)C(=O)CO2)c1ncc(C)cn1. The molecular formula is C19H20ClN3O5. The second-order valence-electron chi connectivity index (χ2n) is 6.36. The van der Waals surface area contributed by atoms with Crippen LogP contribution in [0.25, 0.3) is 0 Å². The number of amides is 1. The molecule has 3 rings (SSSR count). The summed E-state index contributed by atoms with van der Waals surface area (Å²) in [5.74, 6) is 0.0165. The summed E-state index contributed by atoms with van der Waals surface area (Å²) in [6, 6.07) is 3.16. The summed E-state index contributed by atoms with van der Waals surface area (Å²) in [6.07, 6.45) is 3.49. The zero-order chi connectivity index (χ0) is 20.3. The van der Waals surface area contributed by atoms with Gasteiger partial charge in [-0.2, -0.15) is 0 Å². The Morgan fingerprint density at radius 3 is 2.75 bits per heavy atom. The average molecular weight is 406 g/mol. The number of nitrogens with zero attached hydrogens (tertiary/aromatic N) is 3. The largest absolute Gasteiger partial charge is 0.481 e. The van der Waals surface area contributed by atoms with Gasteiger partial charge in [-0.3, -0.25) is 9.59 Å². The standard InChI is InChI=1S/C19H20ClN3O5/c1-3-14(19-21-8-11(2)9-22-19)28-15-7-16-13(6-12(15)20)23(5-4-18(25)26)17(24)10-27-16/h6-9,14H,3-5,10H2,1-2H3,(H,25,26). The molecule has 0 saturated carbocycles. The monoisotopic (exact) mass is 405 g/mol. The number of carbonyl (C=O) groups excluding carboxylic acids is 1. The van der Waals surface area contributed by atoms with Crippen molar-refractivity contribution in [3.63, 3.8) is 0 Å². The minimum absolute atomic E-state index is 0.0376. The second-order valence-corrected chi connectivity index (χ2v) is 6.77. The fourth-order valence-corrected chi connectivity index (χ4v) is 2.99. The Labute approximate surface area is 167 Å². The van der Waals surface area contributed by atoms with Crippen LogP contribution in [0, 0.1) is 6.92 Å². The molecule has 1 amide bonds. The number of halogens is 1. The van der Waals surface area contributed by atoms with Crippen LogP contribution in [0.2, 0.25) is 5.02 Å². The summed E-state index contributed by atoms with van der Waals surface area (Å²) in [7, 11) is 0. The molecule has 0 saturated heterocycles. The first-order valence-corrected chi connectivity index (χ1v) is 9.20. The van der Waals surface area contributed by atoms with Gasteiger partial charge < -0.3 is 19.5 Å². The number of anilines is 1. The number of hydrogen-bond donors (Lipinski definition) is 1. The zero-order valence-corrected chi connectivity index (χ0v) is 16.3. The molecule has 0 aliphatic carbocycles. The highest BCUT2D eigenvalue weighted by atomic mass is 35.5. The first kappa shape index (κ1) is 19.9. The lowest BCUT2D eigenvalue weighted by atomic mass is 10.2. The number of aryl methyl sites for hydroxylation is 1. The number of aliphatic carboxylic acids is 1. The number of carboxylic acid groups (broad SMARTS) is 1. The summed E-state index contributed by atoms with van der Waals surface area (Å²) in [5, 5.41) is 9.18. The molecule has 1 aliphatic heterocycles. The lowest BCUT2D eigenvalue weighted by Crippen LogP contribution is -2.40. The van der Waals surface area contributed by atoms with Crippen LogP contribution in [0.3, 0.4) is 0 Å². The molecule has 9 heteroatoms. The molecule has 0 spiro atoms. The molecule has 1 aromatic heterocycles. The highest BCUT2D eigenvalue weighted by molar-refractivity contribution is 6.32. The number of hydrogen-bond acceptors (Lipinski definition) is 6. The number of aromatic nitrogens is 2. The van der Waals surface area contributed by atoms with Gasteiger partial charge in [-0.15, -0.1) is 0 Å². The second kappa shape index (κ2) is 8.43. The average Bonchev–Trinajstić information content (AvgIpc) is 2.66. The Morgan fingerprint density at radius 1 is 1.39 bits per heavy atom. The van der Waals surface area contributed by atoms with Crippen molar-refractivity contribution in [1.82, 2.24) is 9.97 Å². The summed E-state index contributed by atoms with van der Waals surface area (Å²) >= 11 is 6.38. The van der Waals surface area contributed by atoms with E-state index in [4.69, 9.17) is 26.2 Å². The third kappa shape index (κ3) is 4.33. The number of rotatable bonds is 7. The van der Waals surface area contributed by atoms with Crippen LogP contribution in [0.5, 0.6) is 11.5 Å². The summed E-state index contributed by atoms with van der Waals surface area (Å²) < 4.78 is 11.5. The van der Waals surface area contributed by atoms with Crippen molar-refractivity contribution < 1.29 is 24.2 Å². The van der Waals surface area contributed by atoms with E-state index < -0.39 is 12.1 Å². The van der Waals surface area contributed by atoms with Crippen molar-refractivity contribution in [2.24, 2.45) is 0 Å². The minimum Gasteiger partial charge on any atom is -0.481 e. The molecular weight excluding hydrogens is 386 g/mol. The van der Waals surface area contributed by atoms with Crippen molar-refractivity contribution in [1.29, 1.82) is 0 Å². The fraction of sp³-hybridized carbons (Fsp3) is 0.368. The van der Waals surface area contributed by atoms with Crippen molar-refractivity contribution in [2.75, 3.05) is 18.1 Å². The molecule has 0 radical (unpaired) electrons. The molecule has 1 N–H and O–H groups in total. The lowest BCUT2D eigenvalue weighted by molar-refractivity contribution is -0.136.